The summed E-state index contributed by atoms with van der Waals surface area (Å²) in [5.41, 5.74) is 1.87. The lowest BCUT2D eigenvalue weighted by atomic mass is 10.1. The number of nitrogens with one attached hydrogen (secondary N) is 1. The van der Waals surface area contributed by atoms with E-state index in [9.17, 15) is 23.1 Å². The standard InChI is InChI=1S/C20H18ClNO5S3/c1-10(2)30(26,27)14-9-29-18(16(14)21)19(23)22-13-8-28-17(15(13)20(24)25)12-6-4-11(3)5-7-12/h4-10H,1-3H3,(H,22,23)(H,24,25). The predicted molar refractivity (Wildman–Crippen MR) is 121 cm³/mol. The highest BCUT2D eigenvalue weighted by atomic mass is 35.5. The minimum atomic E-state index is -3.64. The van der Waals surface area contributed by atoms with Crippen molar-refractivity contribution in [2.75, 3.05) is 5.32 Å². The van der Waals surface area contributed by atoms with Crippen LogP contribution >= 0.6 is 34.3 Å². The first-order valence-electron chi connectivity index (χ1n) is 8.78. The summed E-state index contributed by atoms with van der Waals surface area (Å²) in [4.78, 5) is 25.1. The van der Waals surface area contributed by atoms with Gasteiger partial charge in [-0.15, -0.1) is 22.7 Å². The molecule has 0 spiro atoms. The Hall–Kier alpha value is -2.20. The molecular formula is C20H18ClNO5S3. The van der Waals surface area contributed by atoms with Crippen LogP contribution in [0.4, 0.5) is 5.69 Å². The molecule has 0 aliphatic rings. The Kier molecular flexibility index (Phi) is 6.37. The second-order valence-corrected chi connectivity index (χ2v) is 11.4. The third-order valence-corrected chi connectivity index (χ3v) is 9.35. The van der Waals surface area contributed by atoms with Gasteiger partial charge in [0.1, 0.15) is 10.4 Å². The number of aryl methyl sites for hydroxylation is 1. The van der Waals surface area contributed by atoms with Crippen LogP contribution in [0, 0.1) is 6.92 Å². The minimum Gasteiger partial charge on any atom is -0.478 e. The smallest absolute Gasteiger partial charge is 0.339 e. The van der Waals surface area contributed by atoms with Crippen LogP contribution in [0.2, 0.25) is 5.02 Å². The van der Waals surface area contributed by atoms with E-state index in [0.29, 0.717) is 4.88 Å². The molecule has 0 saturated carbocycles. The lowest BCUT2D eigenvalue weighted by Gasteiger charge is -2.07. The van der Waals surface area contributed by atoms with Gasteiger partial charge < -0.3 is 10.4 Å². The first-order chi connectivity index (χ1) is 14.0. The molecule has 1 aromatic carbocycles. The number of benzene rings is 1. The maximum absolute atomic E-state index is 12.7. The summed E-state index contributed by atoms with van der Waals surface area (Å²) in [6, 6.07) is 7.39. The number of hydrogen-bond donors (Lipinski definition) is 2. The molecular weight excluding hydrogens is 466 g/mol. The fourth-order valence-electron chi connectivity index (χ4n) is 2.69. The van der Waals surface area contributed by atoms with Gasteiger partial charge in [-0.25, -0.2) is 13.2 Å². The number of amides is 1. The molecule has 2 heterocycles. The number of carboxylic acid groups (broad SMARTS) is 1. The first kappa shape index (κ1) is 22.5. The molecule has 0 bridgehead atoms. The van der Waals surface area contributed by atoms with Crippen molar-refractivity contribution in [3.05, 3.63) is 56.1 Å². The van der Waals surface area contributed by atoms with Gasteiger partial charge in [0, 0.05) is 10.8 Å². The van der Waals surface area contributed by atoms with Gasteiger partial charge in [0.25, 0.3) is 5.91 Å². The quantitative estimate of drug-likeness (QED) is 0.477. The van der Waals surface area contributed by atoms with Crippen LogP contribution in [0.5, 0.6) is 0 Å². The zero-order chi connectivity index (χ0) is 22.2. The summed E-state index contributed by atoms with van der Waals surface area (Å²) < 4.78 is 24.8. The summed E-state index contributed by atoms with van der Waals surface area (Å²) in [5.74, 6) is -1.84. The van der Waals surface area contributed by atoms with Crippen LogP contribution in [-0.2, 0) is 9.84 Å². The average Bonchev–Trinajstić information content (AvgIpc) is 3.26. The molecule has 3 rings (SSSR count). The van der Waals surface area contributed by atoms with Crippen molar-refractivity contribution in [3.63, 3.8) is 0 Å². The highest BCUT2D eigenvalue weighted by molar-refractivity contribution is 7.92. The van der Waals surface area contributed by atoms with Crippen molar-refractivity contribution in [1.29, 1.82) is 0 Å². The number of thiophene rings is 2. The van der Waals surface area contributed by atoms with E-state index in [1.165, 1.54) is 30.6 Å². The zero-order valence-electron chi connectivity index (χ0n) is 16.2. The Morgan fingerprint density at radius 3 is 2.30 bits per heavy atom. The predicted octanol–water partition coefficient (Wildman–Crippen LogP) is 5.57. The Balaban J connectivity index is 1.96. The second kappa shape index (κ2) is 8.50. The SMILES string of the molecule is Cc1ccc(-c2scc(NC(=O)c3scc(S(=O)(=O)C(C)C)c3Cl)c2C(=O)O)cc1. The van der Waals surface area contributed by atoms with Gasteiger partial charge in [-0.1, -0.05) is 41.4 Å². The summed E-state index contributed by atoms with van der Waals surface area (Å²) >= 11 is 8.29. The van der Waals surface area contributed by atoms with Crippen LogP contribution in [0.25, 0.3) is 10.4 Å². The van der Waals surface area contributed by atoms with Crippen molar-refractivity contribution in [1.82, 2.24) is 0 Å². The molecule has 0 atom stereocenters. The molecule has 158 valence electrons. The minimum absolute atomic E-state index is 0.00955. The molecule has 10 heteroatoms. The first-order valence-corrected chi connectivity index (χ1v) is 12.5. The summed E-state index contributed by atoms with van der Waals surface area (Å²) in [7, 11) is -3.64. The zero-order valence-corrected chi connectivity index (χ0v) is 19.4. The molecule has 3 aromatic rings. The Morgan fingerprint density at radius 1 is 1.10 bits per heavy atom. The third kappa shape index (κ3) is 4.15. The number of carboxylic acids is 1. The Bertz CT molecular complexity index is 1220. The van der Waals surface area contributed by atoms with Crippen LogP contribution in [-0.4, -0.2) is 30.7 Å². The summed E-state index contributed by atoms with van der Waals surface area (Å²) in [6.45, 7) is 4.99. The van der Waals surface area contributed by atoms with Crippen molar-refractivity contribution in [3.8, 4) is 10.4 Å². The highest BCUT2D eigenvalue weighted by Crippen LogP contribution is 2.38. The number of sulfone groups is 1. The highest BCUT2D eigenvalue weighted by Gasteiger charge is 2.29. The molecule has 6 nitrogen and oxygen atoms in total. The van der Waals surface area contributed by atoms with Gasteiger partial charge in [-0.05, 0) is 26.3 Å². The van der Waals surface area contributed by atoms with Crippen molar-refractivity contribution >= 4 is 61.7 Å². The molecule has 0 saturated heterocycles. The number of carbonyl (C=O) groups excluding carboxylic acids is 1. The van der Waals surface area contributed by atoms with E-state index in [2.05, 4.69) is 5.32 Å². The van der Waals surface area contributed by atoms with E-state index < -0.39 is 27.0 Å². The van der Waals surface area contributed by atoms with E-state index in [-0.39, 0.29) is 26.0 Å². The second-order valence-electron chi connectivity index (χ2n) is 6.82. The van der Waals surface area contributed by atoms with E-state index in [1.807, 2.05) is 31.2 Å². The molecule has 0 fully saturated rings. The molecule has 0 unspecified atom stereocenters. The number of aromatic carboxylic acids is 1. The van der Waals surface area contributed by atoms with Gasteiger partial charge in [-0.3, -0.25) is 4.79 Å². The molecule has 30 heavy (non-hydrogen) atoms. The third-order valence-electron chi connectivity index (χ3n) is 4.40. The summed E-state index contributed by atoms with van der Waals surface area (Å²) in [5, 5.41) is 14.3. The van der Waals surface area contributed by atoms with Gasteiger partial charge in [0.2, 0.25) is 0 Å². The van der Waals surface area contributed by atoms with E-state index in [4.69, 9.17) is 11.6 Å². The van der Waals surface area contributed by atoms with E-state index in [0.717, 1.165) is 22.5 Å². The maximum atomic E-state index is 12.7. The number of rotatable bonds is 6. The Morgan fingerprint density at radius 2 is 1.73 bits per heavy atom. The molecule has 2 N–H and O–H groups in total. The van der Waals surface area contributed by atoms with Crippen LogP contribution in [0.15, 0.2) is 39.9 Å². The number of carbonyl (C=O) groups is 2. The lowest BCUT2D eigenvalue weighted by molar-refractivity contribution is 0.0699. The van der Waals surface area contributed by atoms with Crippen LogP contribution in [0.1, 0.15) is 39.4 Å². The average molecular weight is 484 g/mol. The van der Waals surface area contributed by atoms with Crippen molar-refractivity contribution in [2.24, 2.45) is 0 Å². The largest absolute Gasteiger partial charge is 0.478 e. The van der Waals surface area contributed by atoms with Crippen molar-refractivity contribution < 1.29 is 23.1 Å². The topological polar surface area (TPSA) is 101 Å². The number of halogens is 1. The maximum Gasteiger partial charge on any atom is 0.339 e. The van der Waals surface area contributed by atoms with Gasteiger partial charge in [0.05, 0.1) is 25.7 Å². The van der Waals surface area contributed by atoms with Crippen molar-refractivity contribution in [2.45, 2.75) is 30.9 Å². The lowest BCUT2D eigenvalue weighted by Crippen LogP contribution is -2.15. The molecule has 0 radical (unpaired) electrons. The number of hydrogen-bond acceptors (Lipinski definition) is 6. The van der Waals surface area contributed by atoms with E-state index >= 15 is 0 Å². The molecule has 0 aliphatic carbocycles. The fraction of sp³-hybridized carbons (Fsp3) is 0.200. The monoisotopic (exact) mass is 483 g/mol. The molecule has 0 aliphatic heterocycles. The molecule has 1 amide bonds. The fourth-order valence-corrected chi connectivity index (χ4v) is 6.67. The van der Waals surface area contributed by atoms with Crippen LogP contribution in [0.3, 0.4) is 0 Å². The van der Waals surface area contributed by atoms with E-state index in [1.54, 1.807) is 5.38 Å². The normalized spacial score (nSPS) is 11.6. The van der Waals surface area contributed by atoms with Gasteiger partial charge in [0.15, 0.2) is 9.84 Å². The summed E-state index contributed by atoms with van der Waals surface area (Å²) in [6.07, 6.45) is 0. The number of anilines is 1. The van der Waals surface area contributed by atoms with Crippen LogP contribution < -0.4 is 5.32 Å². The van der Waals surface area contributed by atoms with Gasteiger partial charge >= 0.3 is 5.97 Å². The molecule has 2 aromatic heterocycles. The Labute approximate surface area is 187 Å². The van der Waals surface area contributed by atoms with Gasteiger partial charge in [-0.2, -0.15) is 0 Å².